The Kier molecular flexibility index (Phi) is 3.26. The van der Waals surface area contributed by atoms with Crippen LogP contribution in [0.4, 0.5) is 13.2 Å². The average molecular weight is 221 g/mol. The molecule has 1 fully saturated rings. The van der Waals surface area contributed by atoms with E-state index in [1.165, 1.54) is 11.8 Å². The first-order chi connectivity index (χ1) is 6.73. The molecule has 0 amide bonds. The number of nitrogens with zero attached hydrogens (tertiary/aromatic N) is 2. The van der Waals surface area contributed by atoms with Crippen molar-refractivity contribution in [1.82, 2.24) is 4.90 Å². The summed E-state index contributed by atoms with van der Waals surface area (Å²) in [6.45, 7) is 0.429. The fourth-order valence-electron chi connectivity index (χ4n) is 1.44. The number of hydrogen-bond donors (Lipinski definition) is 1. The highest BCUT2D eigenvalue weighted by Crippen LogP contribution is 2.30. The van der Waals surface area contributed by atoms with E-state index in [0.29, 0.717) is 0 Å². The molecule has 6 heteroatoms. The molecule has 1 unspecified atom stereocenters. The third kappa shape index (κ3) is 4.49. The van der Waals surface area contributed by atoms with Crippen molar-refractivity contribution in [3.63, 3.8) is 0 Å². The van der Waals surface area contributed by atoms with Gasteiger partial charge in [0.2, 0.25) is 0 Å². The van der Waals surface area contributed by atoms with E-state index in [9.17, 15) is 13.2 Å². The highest BCUT2D eigenvalue weighted by atomic mass is 19.4. The largest absolute Gasteiger partial charge is 0.401 e. The summed E-state index contributed by atoms with van der Waals surface area (Å²) in [4.78, 5) is 1.25. The molecule has 0 saturated heterocycles. The smallest absolute Gasteiger partial charge is 0.313 e. The minimum absolute atomic E-state index is 0.0341. The second-order valence-electron chi connectivity index (χ2n) is 4.28. The Bertz CT molecular complexity index is 263. The molecule has 1 atom stereocenters. The van der Waals surface area contributed by atoms with Gasteiger partial charge in [0.05, 0.1) is 12.6 Å². The summed E-state index contributed by atoms with van der Waals surface area (Å²) < 4.78 is 36.6. The first-order valence-electron chi connectivity index (χ1n) is 4.74. The predicted molar refractivity (Wildman–Crippen MR) is 48.9 cm³/mol. The Balaban J connectivity index is 2.56. The van der Waals surface area contributed by atoms with Gasteiger partial charge < -0.3 is 5.73 Å². The molecule has 1 rings (SSSR count). The molecule has 0 aromatic rings. The molecule has 3 nitrogen and oxygen atoms in total. The second-order valence-corrected chi connectivity index (χ2v) is 4.28. The molecule has 1 aliphatic carbocycles. The van der Waals surface area contributed by atoms with Gasteiger partial charge in [-0.1, -0.05) is 0 Å². The number of hydrogen-bond acceptors (Lipinski definition) is 3. The minimum Gasteiger partial charge on any atom is -0.313 e. The second kappa shape index (κ2) is 3.99. The van der Waals surface area contributed by atoms with E-state index in [1.54, 1.807) is 0 Å². The number of alkyl halides is 3. The highest BCUT2D eigenvalue weighted by molar-refractivity contribution is 5.05. The van der Waals surface area contributed by atoms with Crippen LogP contribution in [0.1, 0.15) is 19.8 Å². The van der Waals surface area contributed by atoms with Crippen LogP contribution in [-0.2, 0) is 0 Å². The van der Waals surface area contributed by atoms with Crippen molar-refractivity contribution in [3.8, 4) is 6.07 Å². The summed E-state index contributed by atoms with van der Waals surface area (Å²) in [5, 5.41) is 8.66. The lowest BCUT2D eigenvalue weighted by Gasteiger charge is -2.28. The molecule has 0 aromatic heterocycles. The predicted octanol–water partition coefficient (Wildman–Crippen LogP) is 1.25. The molecule has 0 heterocycles. The van der Waals surface area contributed by atoms with Crippen LogP contribution in [0.5, 0.6) is 0 Å². The monoisotopic (exact) mass is 221 g/mol. The molecule has 86 valence electrons. The van der Waals surface area contributed by atoms with E-state index in [4.69, 9.17) is 11.0 Å². The Hall–Kier alpha value is -0.800. The Morgan fingerprint density at radius 1 is 1.40 bits per heavy atom. The number of halogens is 3. The molecule has 2 N–H and O–H groups in total. The molecule has 0 radical (unpaired) electrons. The SMILES string of the molecule is CC(N)(C#N)CN(CC(F)(F)F)C1CC1. The van der Waals surface area contributed by atoms with Gasteiger partial charge in [-0.25, -0.2) is 0 Å². The van der Waals surface area contributed by atoms with Crippen LogP contribution in [0.15, 0.2) is 0 Å². The van der Waals surface area contributed by atoms with Crippen LogP contribution >= 0.6 is 0 Å². The summed E-state index contributed by atoms with van der Waals surface area (Å²) in [6.07, 6.45) is -2.71. The van der Waals surface area contributed by atoms with Gasteiger partial charge in [0.1, 0.15) is 5.54 Å². The molecule has 0 aliphatic heterocycles. The summed E-state index contributed by atoms with van der Waals surface area (Å²) >= 11 is 0. The van der Waals surface area contributed by atoms with Gasteiger partial charge in [-0.2, -0.15) is 18.4 Å². The summed E-state index contributed by atoms with van der Waals surface area (Å²) in [5.74, 6) is 0. The van der Waals surface area contributed by atoms with E-state index >= 15 is 0 Å². The van der Waals surface area contributed by atoms with E-state index in [1.807, 2.05) is 6.07 Å². The van der Waals surface area contributed by atoms with Crippen LogP contribution < -0.4 is 5.73 Å². The average Bonchev–Trinajstić information content (AvgIpc) is 2.82. The molecule has 1 saturated carbocycles. The lowest BCUT2D eigenvalue weighted by Crippen LogP contribution is -2.50. The van der Waals surface area contributed by atoms with Crippen molar-refractivity contribution in [2.45, 2.75) is 37.5 Å². The lowest BCUT2D eigenvalue weighted by atomic mass is 10.1. The summed E-state index contributed by atoms with van der Waals surface area (Å²) in [7, 11) is 0. The summed E-state index contributed by atoms with van der Waals surface area (Å²) in [6, 6.07) is 1.76. The molecule has 1 aliphatic rings. The maximum atomic E-state index is 12.2. The van der Waals surface area contributed by atoms with Crippen LogP contribution in [-0.4, -0.2) is 35.7 Å². The maximum absolute atomic E-state index is 12.2. The van der Waals surface area contributed by atoms with E-state index < -0.39 is 18.3 Å². The van der Waals surface area contributed by atoms with Gasteiger partial charge in [-0.3, -0.25) is 4.90 Å². The van der Waals surface area contributed by atoms with Crippen molar-refractivity contribution < 1.29 is 13.2 Å². The first kappa shape index (κ1) is 12.3. The Morgan fingerprint density at radius 2 is 1.93 bits per heavy atom. The van der Waals surface area contributed by atoms with Crippen LogP contribution in [0, 0.1) is 11.3 Å². The van der Waals surface area contributed by atoms with Crippen molar-refractivity contribution in [1.29, 1.82) is 5.26 Å². The fraction of sp³-hybridized carbons (Fsp3) is 0.889. The molecule has 0 aromatic carbocycles. The van der Waals surface area contributed by atoms with E-state index in [0.717, 1.165) is 12.8 Å². The first-order valence-corrected chi connectivity index (χ1v) is 4.74. The maximum Gasteiger partial charge on any atom is 0.401 e. The third-order valence-electron chi connectivity index (χ3n) is 2.23. The van der Waals surface area contributed by atoms with Crippen molar-refractivity contribution >= 4 is 0 Å². The quantitative estimate of drug-likeness (QED) is 0.777. The number of rotatable bonds is 4. The number of nitriles is 1. The molecule has 15 heavy (non-hydrogen) atoms. The van der Waals surface area contributed by atoms with Gasteiger partial charge in [-0.15, -0.1) is 0 Å². The Morgan fingerprint density at radius 3 is 2.27 bits per heavy atom. The lowest BCUT2D eigenvalue weighted by molar-refractivity contribution is -0.148. The number of nitrogens with two attached hydrogens (primary N) is 1. The van der Waals surface area contributed by atoms with Crippen LogP contribution in [0.25, 0.3) is 0 Å². The standard InChI is InChI=1S/C9H14F3N3/c1-8(14,4-13)5-15(7-2-3-7)6-9(10,11)12/h7H,2-3,5-6,14H2,1H3. The highest BCUT2D eigenvalue weighted by Gasteiger charge is 2.40. The Labute approximate surface area is 86.6 Å². The molecule has 0 spiro atoms. The van der Waals surface area contributed by atoms with Crippen molar-refractivity contribution in [2.24, 2.45) is 5.73 Å². The topological polar surface area (TPSA) is 53.1 Å². The van der Waals surface area contributed by atoms with Gasteiger partial charge in [0, 0.05) is 12.6 Å². The molecular formula is C9H14F3N3. The van der Waals surface area contributed by atoms with Crippen LogP contribution in [0.2, 0.25) is 0 Å². The van der Waals surface area contributed by atoms with Gasteiger partial charge >= 0.3 is 6.18 Å². The third-order valence-corrected chi connectivity index (χ3v) is 2.23. The van der Waals surface area contributed by atoms with E-state index in [-0.39, 0.29) is 12.6 Å². The molecule has 0 bridgehead atoms. The van der Waals surface area contributed by atoms with Gasteiger partial charge in [0.25, 0.3) is 0 Å². The van der Waals surface area contributed by atoms with Gasteiger partial charge in [0.15, 0.2) is 0 Å². The minimum atomic E-state index is -4.23. The zero-order valence-electron chi connectivity index (χ0n) is 8.51. The normalized spacial score (nSPS) is 21.1. The summed E-state index contributed by atoms with van der Waals surface area (Å²) in [5.41, 5.74) is 4.32. The molecular weight excluding hydrogens is 207 g/mol. The zero-order chi connectivity index (χ0) is 11.7. The zero-order valence-corrected chi connectivity index (χ0v) is 8.51. The van der Waals surface area contributed by atoms with Crippen LogP contribution in [0.3, 0.4) is 0 Å². The van der Waals surface area contributed by atoms with Crippen molar-refractivity contribution in [2.75, 3.05) is 13.1 Å². The fourth-order valence-corrected chi connectivity index (χ4v) is 1.44. The van der Waals surface area contributed by atoms with E-state index in [2.05, 4.69) is 0 Å². The van der Waals surface area contributed by atoms with Crippen molar-refractivity contribution in [3.05, 3.63) is 0 Å². The van der Waals surface area contributed by atoms with Gasteiger partial charge in [-0.05, 0) is 19.8 Å².